The molecule has 124 valence electrons. The smallest absolute Gasteiger partial charge is 0.128 e. The van der Waals surface area contributed by atoms with Crippen LogP contribution >= 0.6 is 0 Å². The quantitative estimate of drug-likeness (QED) is 0.773. The van der Waals surface area contributed by atoms with Gasteiger partial charge in [-0.3, -0.25) is 0 Å². The van der Waals surface area contributed by atoms with Crippen molar-refractivity contribution in [3.63, 3.8) is 0 Å². The summed E-state index contributed by atoms with van der Waals surface area (Å²) in [6.45, 7) is 14.9. The molecule has 0 spiro atoms. The molecular formula is C20H28N2O. The molecule has 23 heavy (non-hydrogen) atoms. The maximum Gasteiger partial charge on any atom is 0.128 e. The maximum atomic E-state index is 10.8. The first kappa shape index (κ1) is 17.3. The molecule has 0 aliphatic carbocycles. The van der Waals surface area contributed by atoms with Gasteiger partial charge in [0.2, 0.25) is 0 Å². The second-order valence-electron chi connectivity index (χ2n) is 8.17. The van der Waals surface area contributed by atoms with Crippen molar-refractivity contribution in [2.75, 3.05) is 0 Å². The fourth-order valence-electron chi connectivity index (χ4n) is 2.53. The molecule has 3 heteroatoms. The summed E-state index contributed by atoms with van der Waals surface area (Å²) in [5.41, 5.74) is 3.65. The summed E-state index contributed by atoms with van der Waals surface area (Å²) >= 11 is 0. The Hall–Kier alpha value is -2.03. The average Bonchev–Trinajstić information content (AvgIpc) is 2.88. The molecule has 0 radical (unpaired) electrons. The number of aromatic nitrogens is 1. The second-order valence-corrected chi connectivity index (χ2v) is 8.17. The number of aromatic hydroxyl groups is 1. The normalized spacial score (nSPS) is 13.4. The van der Waals surface area contributed by atoms with Crippen molar-refractivity contribution < 1.29 is 5.11 Å². The number of benzene rings is 1. The lowest BCUT2D eigenvalue weighted by Gasteiger charge is -2.27. The van der Waals surface area contributed by atoms with Crippen LogP contribution in [0, 0.1) is 0 Å². The fraction of sp³-hybridized carbons (Fsp3) is 0.450. The molecule has 0 saturated carbocycles. The van der Waals surface area contributed by atoms with E-state index in [0.717, 1.165) is 16.8 Å². The molecule has 0 aliphatic rings. The highest BCUT2D eigenvalue weighted by molar-refractivity contribution is 6.01. The van der Waals surface area contributed by atoms with E-state index in [0.29, 0.717) is 5.75 Å². The zero-order chi connectivity index (χ0) is 17.4. The number of phenols is 1. The molecule has 0 amide bonds. The Labute approximate surface area is 139 Å². The summed E-state index contributed by atoms with van der Waals surface area (Å²) in [5.74, 6) is 0.332. The topological polar surface area (TPSA) is 37.5 Å². The molecule has 1 heterocycles. The van der Waals surface area contributed by atoms with E-state index in [1.807, 2.05) is 31.5 Å². The van der Waals surface area contributed by atoms with Crippen LogP contribution in [-0.4, -0.2) is 15.5 Å². The van der Waals surface area contributed by atoms with Gasteiger partial charge in [0.15, 0.2) is 0 Å². The van der Waals surface area contributed by atoms with Crippen LogP contribution in [0.4, 0.5) is 0 Å². The first-order chi connectivity index (χ1) is 10.5. The van der Waals surface area contributed by atoms with Crippen molar-refractivity contribution in [3.8, 4) is 5.75 Å². The summed E-state index contributed by atoms with van der Waals surface area (Å²) in [7, 11) is 0. The predicted octanol–water partition coefficient (Wildman–Crippen LogP) is 5.06. The van der Waals surface area contributed by atoms with E-state index in [4.69, 9.17) is 0 Å². The largest absolute Gasteiger partial charge is 0.507 e. The van der Waals surface area contributed by atoms with Gasteiger partial charge in [-0.05, 0) is 41.5 Å². The first-order valence-corrected chi connectivity index (χ1v) is 8.07. The van der Waals surface area contributed by atoms with Gasteiger partial charge >= 0.3 is 0 Å². The predicted molar refractivity (Wildman–Crippen MR) is 97.5 cm³/mol. The summed E-state index contributed by atoms with van der Waals surface area (Å²) in [6, 6.07) is 8.06. The SMILES string of the molecule is C/C(=N\n1cccc1)c1cc(C(C)(C)C)cc(C(C)(C)C)c1O. The lowest BCUT2D eigenvalue weighted by Crippen LogP contribution is -2.18. The van der Waals surface area contributed by atoms with E-state index in [2.05, 4.69) is 58.8 Å². The minimum atomic E-state index is -0.131. The standard InChI is InChI=1S/C20H28N2O/c1-14(21-22-10-8-9-11-22)16-12-15(19(2,3)4)13-17(18(16)23)20(5,6)7/h8-13,23H,1-7H3/b21-14+. The Bertz CT molecular complexity index is 711. The zero-order valence-corrected chi connectivity index (χ0v) is 15.3. The van der Waals surface area contributed by atoms with Gasteiger partial charge in [-0.25, -0.2) is 4.68 Å². The second kappa shape index (κ2) is 5.88. The third-order valence-electron chi connectivity index (χ3n) is 4.03. The Kier molecular flexibility index (Phi) is 4.43. The molecule has 0 fully saturated rings. The van der Waals surface area contributed by atoms with E-state index >= 15 is 0 Å². The van der Waals surface area contributed by atoms with Crippen LogP contribution in [0.15, 0.2) is 41.8 Å². The van der Waals surface area contributed by atoms with E-state index in [9.17, 15) is 5.11 Å². The van der Waals surface area contributed by atoms with Crippen molar-refractivity contribution in [1.82, 2.24) is 4.68 Å². The number of rotatable bonds is 2. The number of phenolic OH excluding ortho intramolecular Hbond substituents is 1. The Morgan fingerprint density at radius 2 is 1.52 bits per heavy atom. The highest BCUT2D eigenvalue weighted by Gasteiger charge is 2.25. The Morgan fingerprint density at radius 1 is 0.957 bits per heavy atom. The third-order valence-corrected chi connectivity index (χ3v) is 4.03. The summed E-state index contributed by atoms with van der Waals surface area (Å²) in [5, 5.41) is 15.4. The van der Waals surface area contributed by atoms with Crippen molar-refractivity contribution >= 4 is 5.71 Å². The van der Waals surface area contributed by atoms with Crippen molar-refractivity contribution in [2.24, 2.45) is 5.10 Å². The average molecular weight is 312 g/mol. The molecular weight excluding hydrogens is 284 g/mol. The molecule has 0 bridgehead atoms. The van der Waals surface area contributed by atoms with E-state index in [1.165, 1.54) is 5.56 Å². The van der Waals surface area contributed by atoms with Gasteiger partial charge in [-0.15, -0.1) is 0 Å². The van der Waals surface area contributed by atoms with E-state index < -0.39 is 0 Å². The van der Waals surface area contributed by atoms with Crippen LogP contribution in [0.1, 0.15) is 65.2 Å². The van der Waals surface area contributed by atoms with Crippen LogP contribution in [-0.2, 0) is 10.8 Å². The highest BCUT2D eigenvalue weighted by Crippen LogP contribution is 2.37. The monoisotopic (exact) mass is 312 g/mol. The minimum absolute atomic E-state index is 0.0101. The highest BCUT2D eigenvalue weighted by atomic mass is 16.3. The maximum absolute atomic E-state index is 10.8. The summed E-state index contributed by atoms with van der Waals surface area (Å²) in [4.78, 5) is 0. The number of hydrogen-bond acceptors (Lipinski definition) is 2. The molecule has 0 aliphatic heterocycles. The molecule has 1 aromatic heterocycles. The Balaban J connectivity index is 2.67. The van der Waals surface area contributed by atoms with Crippen LogP contribution in [0.25, 0.3) is 0 Å². The van der Waals surface area contributed by atoms with Gasteiger partial charge in [-0.1, -0.05) is 47.6 Å². The van der Waals surface area contributed by atoms with Crippen LogP contribution in [0.2, 0.25) is 0 Å². The minimum Gasteiger partial charge on any atom is -0.507 e. The molecule has 2 rings (SSSR count). The third kappa shape index (κ3) is 3.84. The molecule has 1 N–H and O–H groups in total. The number of hydrogen-bond donors (Lipinski definition) is 1. The summed E-state index contributed by atoms with van der Waals surface area (Å²) < 4.78 is 1.76. The van der Waals surface area contributed by atoms with Gasteiger partial charge in [0.1, 0.15) is 5.75 Å². The van der Waals surface area contributed by atoms with E-state index in [-0.39, 0.29) is 10.8 Å². The zero-order valence-electron chi connectivity index (χ0n) is 15.3. The first-order valence-electron chi connectivity index (χ1n) is 8.07. The summed E-state index contributed by atoms with van der Waals surface area (Å²) in [6.07, 6.45) is 3.78. The molecule has 3 nitrogen and oxygen atoms in total. The fourth-order valence-corrected chi connectivity index (χ4v) is 2.53. The van der Waals surface area contributed by atoms with Crippen LogP contribution in [0.5, 0.6) is 5.75 Å². The van der Waals surface area contributed by atoms with Gasteiger partial charge in [0, 0.05) is 23.5 Å². The lowest BCUT2D eigenvalue weighted by atomic mass is 9.78. The molecule has 0 unspecified atom stereocenters. The molecule has 0 saturated heterocycles. The van der Waals surface area contributed by atoms with Gasteiger partial charge in [0.05, 0.1) is 5.71 Å². The van der Waals surface area contributed by atoms with Gasteiger partial charge in [-0.2, -0.15) is 5.10 Å². The van der Waals surface area contributed by atoms with Crippen molar-refractivity contribution in [3.05, 3.63) is 53.3 Å². The van der Waals surface area contributed by atoms with Gasteiger partial charge < -0.3 is 5.11 Å². The van der Waals surface area contributed by atoms with Gasteiger partial charge in [0.25, 0.3) is 0 Å². The molecule has 1 aromatic carbocycles. The van der Waals surface area contributed by atoms with E-state index in [1.54, 1.807) is 4.68 Å². The molecule has 2 aromatic rings. The lowest BCUT2D eigenvalue weighted by molar-refractivity contribution is 0.443. The van der Waals surface area contributed by atoms with Crippen molar-refractivity contribution in [2.45, 2.75) is 59.3 Å². The van der Waals surface area contributed by atoms with Crippen LogP contribution in [0.3, 0.4) is 0 Å². The number of nitrogens with zero attached hydrogens (tertiary/aromatic N) is 2. The Morgan fingerprint density at radius 3 is 2.00 bits per heavy atom. The van der Waals surface area contributed by atoms with Crippen LogP contribution < -0.4 is 0 Å². The van der Waals surface area contributed by atoms with Crippen molar-refractivity contribution in [1.29, 1.82) is 0 Å². The molecule has 0 atom stereocenters.